The van der Waals surface area contributed by atoms with Crippen LogP contribution in [0.2, 0.25) is 0 Å². The van der Waals surface area contributed by atoms with Crippen molar-refractivity contribution >= 4 is 16.0 Å². The normalized spacial score (nSPS) is 18.9. The van der Waals surface area contributed by atoms with E-state index in [2.05, 4.69) is 4.72 Å². The highest BCUT2D eigenvalue weighted by atomic mass is 32.2. The first-order valence-electron chi connectivity index (χ1n) is 7.39. The molecule has 2 aliphatic carbocycles. The minimum Gasteiger partial charge on any atom is -0.478 e. The second kappa shape index (κ2) is 5.42. The molecule has 0 amide bonds. The lowest BCUT2D eigenvalue weighted by Crippen LogP contribution is -2.33. The van der Waals surface area contributed by atoms with Gasteiger partial charge in [0.05, 0.1) is 10.5 Å². The van der Waals surface area contributed by atoms with Crippen LogP contribution in [0.1, 0.15) is 53.6 Å². The number of aromatic carboxylic acids is 1. The Balaban J connectivity index is 2.02. The van der Waals surface area contributed by atoms with Gasteiger partial charge in [-0.2, -0.15) is 0 Å². The van der Waals surface area contributed by atoms with Crippen LogP contribution in [0.4, 0.5) is 0 Å². The molecule has 2 N–H and O–H groups in total. The first-order chi connectivity index (χ1) is 9.97. The smallest absolute Gasteiger partial charge is 0.335 e. The van der Waals surface area contributed by atoms with Crippen molar-refractivity contribution in [1.29, 1.82) is 0 Å². The highest BCUT2D eigenvalue weighted by molar-refractivity contribution is 7.89. The van der Waals surface area contributed by atoms with E-state index >= 15 is 0 Å². The lowest BCUT2D eigenvalue weighted by molar-refractivity contribution is 0.0696. The number of fused-ring (bicyclic) bond motifs is 1. The van der Waals surface area contributed by atoms with E-state index in [1.54, 1.807) is 6.07 Å². The average Bonchev–Trinajstić information content (AvgIpc) is 3.06. The summed E-state index contributed by atoms with van der Waals surface area (Å²) in [6, 6.07) is 2.91. The molecule has 0 heterocycles. The summed E-state index contributed by atoms with van der Waals surface area (Å²) in [5.41, 5.74) is 1.72. The molecule has 0 aromatic heterocycles. The number of rotatable bonds is 4. The van der Waals surface area contributed by atoms with E-state index in [1.807, 2.05) is 0 Å². The fourth-order valence-corrected chi connectivity index (χ4v) is 5.00. The molecule has 0 atom stereocenters. The maximum Gasteiger partial charge on any atom is 0.335 e. The van der Waals surface area contributed by atoms with Crippen LogP contribution in [-0.2, 0) is 22.9 Å². The molecule has 0 saturated heterocycles. The molecule has 114 valence electrons. The second-order valence-corrected chi connectivity index (χ2v) is 7.56. The molecule has 1 saturated carbocycles. The van der Waals surface area contributed by atoms with Crippen molar-refractivity contribution in [2.75, 3.05) is 0 Å². The highest BCUT2D eigenvalue weighted by Crippen LogP contribution is 2.31. The molecule has 0 unspecified atom stereocenters. The second-order valence-electron chi connectivity index (χ2n) is 5.87. The number of hydrogen-bond donors (Lipinski definition) is 2. The van der Waals surface area contributed by atoms with Gasteiger partial charge in [-0.05, 0) is 55.4 Å². The van der Waals surface area contributed by atoms with Crippen molar-refractivity contribution in [1.82, 2.24) is 4.72 Å². The van der Waals surface area contributed by atoms with Gasteiger partial charge in [-0.3, -0.25) is 0 Å². The largest absolute Gasteiger partial charge is 0.478 e. The Morgan fingerprint density at radius 1 is 1.14 bits per heavy atom. The molecule has 5 nitrogen and oxygen atoms in total. The van der Waals surface area contributed by atoms with E-state index in [0.29, 0.717) is 6.42 Å². The number of aryl methyl sites for hydroxylation is 1. The van der Waals surface area contributed by atoms with Crippen LogP contribution in [0, 0.1) is 0 Å². The van der Waals surface area contributed by atoms with Crippen molar-refractivity contribution in [2.24, 2.45) is 0 Å². The third kappa shape index (κ3) is 2.82. The molecule has 2 aliphatic rings. The Kier molecular flexibility index (Phi) is 3.75. The number of nitrogens with one attached hydrogen (secondary N) is 1. The maximum absolute atomic E-state index is 12.6. The Bertz CT molecular complexity index is 675. The molecule has 1 fully saturated rings. The molecule has 0 spiro atoms. The average molecular weight is 309 g/mol. The van der Waals surface area contributed by atoms with Crippen LogP contribution in [-0.4, -0.2) is 25.5 Å². The summed E-state index contributed by atoms with van der Waals surface area (Å²) in [6.45, 7) is 0. The van der Waals surface area contributed by atoms with Crippen molar-refractivity contribution in [2.45, 2.75) is 55.9 Å². The molecule has 1 aromatic carbocycles. The summed E-state index contributed by atoms with van der Waals surface area (Å²) in [6.07, 6.45) is 6.14. The Morgan fingerprint density at radius 2 is 1.86 bits per heavy atom. The monoisotopic (exact) mass is 309 g/mol. The van der Waals surface area contributed by atoms with Crippen molar-refractivity contribution in [3.8, 4) is 0 Å². The van der Waals surface area contributed by atoms with E-state index in [0.717, 1.165) is 49.7 Å². The zero-order chi connectivity index (χ0) is 15.0. The summed E-state index contributed by atoms with van der Waals surface area (Å²) in [5, 5.41) is 9.18. The van der Waals surface area contributed by atoms with E-state index in [1.165, 1.54) is 6.07 Å². The summed E-state index contributed by atoms with van der Waals surface area (Å²) in [5.74, 6) is -1.08. The van der Waals surface area contributed by atoms with Gasteiger partial charge in [-0.1, -0.05) is 12.8 Å². The highest BCUT2D eigenvalue weighted by Gasteiger charge is 2.29. The summed E-state index contributed by atoms with van der Waals surface area (Å²) in [7, 11) is -3.64. The van der Waals surface area contributed by atoms with Crippen LogP contribution in [0.3, 0.4) is 0 Å². The van der Waals surface area contributed by atoms with Gasteiger partial charge in [0.25, 0.3) is 0 Å². The van der Waals surface area contributed by atoms with Crippen LogP contribution in [0.25, 0.3) is 0 Å². The third-order valence-electron chi connectivity index (χ3n) is 4.39. The van der Waals surface area contributed by atoms with E-state index < -0.39 is 16.0 Å². The summed E-state index contributed by atoms with van der Waals surface area (Å²) < 4.78 is 28.0. The third-order valence-corrected chi connectivity index (χ3v) is 5.97. The van der Waals surface area contributed by atoms with Crippen molar-refractivity contribution in [3.63, 3.8) is 0 Å². The quantitative estimate of drug-likeness (QED) is 0.892. The Labute approximate surface area is 124 Å². The van der Waals surface area contributed by atoms with Gasteiger partial charge < -0.3 is 5.11 Å². The predicted octanol–water partition coefficient (Wildman–Crippen LogP) is 2.09. The lowest BCUT2D eigenvalue weighted by atomic mass is 10.1. The number of carboxylic acids is 1. The molecular formula is C15H19NO4S. The molecule has 3 rings (SSSR count). The van der Waals surface area contributed by atoms with Gasteiger partial charge in [0, 0.05) is 6.04 Å². The molecular weight excluding hydrogens is 290 g/mol. The molecule has 0 aliphatic heterocycles. The van der Waals surface area contributed by atoms with Gasteiger partial charge in [0.15, 0.2) is 0 Å². The predicted molar refractivity (Wildman–Crippen MR) is 78.0 cm³/mol. The fraction of sp³-hybridized carbons (Fsp3) is 0.533. The molecule has 0 bridgehead atoms. The zero-order valence-electron chi connectivity index (χ0n) is 11.8. The van der Waals surface area contributed by atoms with Crippen molar-refractivity contribution < 1.29 is 18.3 Å². The number of carboxylic acid groups (broad SMARTS) is 1. The van der Waals surface area contributed by atoms with Crippen LogP contribution >= 0.6 is 0 Å². The molecule has 6 heteroatoms. The first kappa shape index (κ1) is 14.5. The van der Waals surface area contributed by atoms with Crippen LogP contribution < -0.4 is 4.72 Å². The molecule has 1 aromatic rings. The van der Waals surface area contributed by atoms with Crippen LogP contribution in [0.5, 0.6) is 0 Å². The SMILES string of the molecule is O=C(O)c1cc2c(c(S(=O)(=O)NC3CCCC3)c1)CCC2. The van der Waals surface area contributed by atoms with E-state index in [9.17, 15) is 18.3 Å². The minimum atomic E-state index is -3.64. The van der Waals surface area contributed by atoms with Gasteiger partial charge in [0.1, 0.15) is 0 Å². The topological polar surface area (TPSA) is 83.5 Å². The summed E-state index contributed by atoms with van der Waals surface area (Å²) in [4.78, 5) is 11.4. The molecule has 21 heavy (non-hydrogen) atoms. The van der Waals surface area contributed by atoms with Crippen LogP contribution in [0.15, 0.2) is 17.0 Å². The zero-order valence-corrected chi connectivity index (χ0v) is 12.6. The summed E-state index contributed by atoms with van der Waals surface area (Å²) >= 11 is 0. The van der Waals surface area contributed by atoms with Gasteiger partial charge in [-0.25, -0.2) is 17.9 Å². The van der Waals surface area contributed by atoms with Crippen molar-refractivity contribution in [3.05, 3.63) is 28.8 Å². The Hall–Kier alpha value is -1.40. The maximum atomic E-state index is 12.6. The van der Waals surface area contributed by atoms with E-state index in [4.69, 9.17) is 0 Å². The number of hydrogen-bond acceptors (Lipinski definition) is 3. The lowest BCUT2D eigenvalue weighted by Gasteiger charge is -2.16. The number of sulfonamides is 1. The van der Waals surface area contributed by atoms with Gasteiger partial charge >= 0.3 is 5.97 Å². The number of carbonyl (C=O) groups is 1. The minimum absolute atomic E-state index is 0.0134. The Morgan fingerprint density at radius 3 is 2.52 bits per heavy atom. The van der Waals surface area contributed by atoms with Gasteiger partial charge in [-0.15, -0.1) is 0 Å². The fourth-order valence-electron chi connectivity index (χ4n) is 3.36. The standard InChI is InChI=1S/C15H19NO4S/c17-15(18)11-8-10-4-3-7-13(10)14(9-11)21(19,20)16-12-5-1-2-6-12/h8-9,12,16H,1-7H2,(H,17,18). The molecule has 0 radical (unpaired) electrons. The first-order valence-corrected chi connectivity index (χ1v) is 8.87. The van der Waals surface area contributed by atoms with Gasteiger partial charge in [0.2, 0.25) is 10.0 Å². The number of benzene rings is 1. The van der Waals surface area contributed by atoms with E-state index in [-0.39, 0.29) is 16.5 Å².